The van der Waals surface area contributed by atoms with Gasteiger partial charge in [0.25, 0.3) is 0 Å². The van der Waals surface area contributed by atoms with E-state index in [-0.39, 0.29) is 11.9 Å². The molecule has 1 saturated heterocycles. The fourth-order valence-corrected chi connectivity index (χ4v) is 3.34. The number of nitrogens with zero attached hydrogens (tertiary/aromatic N) is 4. The Balaban J connectivity index is 1.79. The molecule has 1 aliphatic rings. The van der Waals surface area contributed by atoms with Crippen molar-refractivity contribution in [3.05, 3.63) is 47.6 Å². The van der Waals surface area contributed by atoms with E-state index in [1.54, 1.807) is 24.7 Å². The number of aliphatic hydroxyl groups excluding tert-OH is 1. The molecule has 3 aromatic rings. The predicted octanol–water partition coefficient (Wildman–Crippen LogP) is 3.15. The smallest absolute Gasteiger partial charge is 0.180 e. The van der Waals surface area contributed by atoms with Gasteiger partial charge in [0.05, 0.1) is 18.0 Å². The molecule has 2 aromatic heterocycles. The lowest BCUT2D eigenvalue weighted by Crippen LogP contribution is -2.36. The van der Waals surface area contributed by atoms with Crippen molar-refractivity contribution in [1.29, 1.82) is 0 Å². The summed E-state index contributed by atoms with van der Waals surface area (Å²) < 4.78 is 15.6. The summed E-state index contributed by atoms with van der Waals surface area (Å²) in [5.74, 6) is 0.393. The van der Waals surface area contributed by atoms with Crippen LogP contribution in [0, 0.1) is 5.82 Å². The predicted molar refractivity (Wildman–Crippen MR) is 90.8 cm³/mol. The molecule has 1 fully saturated rings. The second kappa shape index (κ2) is 6.03. The number of halogens is 2. The van der Waals surface area contributed by atoms with Crippen LogP contribution in [-0.4, -0.2) is 38.7 Å². The molecule has 0 saturated carbocycles. The van der Waals surface area contributed by atoms with Crippen molar-refractivity contribution in [1.82, 2.24) is 14.4 Å². The summed E-state index contributed by atoms with van der Waals surface area (Å²) in [6.07, 6.45) is 6.40. The molecule has 1 aromatic carbocycles. The number of imidazole rings is 1. The molecule has 5 nitrogen and oxygen atoms in total. The molecule has 0 spiro atoms. The van der Waals surface area contributed by atoms with E-state index in [2.05, 4.69) is 14.9 Å². The average Bonchev–Trinajstić information content (AvgIpc) is 2.99. The highest BCUT2D eigenvalue weighted by atomic mass is 35.5. The van der Waals surface area contributed by atoms with Crippen LogP contribution >= 0.6 is 11.6 Å². The van der Waals surface area contributed by atoms with Gasteiger partial charge in [-0.3, -0.25) is 4.40 Å². The van der Waals surface area contributed by atoms with Gasteiger partial charge in [-0.1, -0.05) is 11.6 Å². The molecule has 0 amide bonds. The second-order valence-electron chi connectivity index (χ2n) is 5.96. The van der Waals surface area contributed by atoms with Crippen LogP contribution in [0.3, 0.4) is 0 Å². The Hall–Kier alpha value is -2.18. The van der Waals surface area contributed by atoms with Crippen molar-refractivity contribution < 1.29 is 9.50 Å². The van der Waals surface area contributed by atoms with Crippen molar-refractivity contribution in [3.8, 4) is 11.3 Å². The average molecular weight is 347 g/mol. The maximum Gasteiger partial charge on any atom is 0.180 e. The van der Waals surface area contributed by atoms with Crippen LogP contribution < -0.4 is 4.90 Å². The van der Waals surface area contributed by atoms with E-state index in [1.165, 1.54) is 12.1 Å². The summed E-state index contributed by atoms with van der Waals surface area (Å²) in [7, 11) is 0. The fourth-order valence-electron chi connectivity index (χ4n) is 3.12. The normalized spacial score (nSPS) is 16.0. The first-order chi connectivity index (χ1) is 11.6. The number of anilines is 1. The zero-order chi connectivity index (χ0) is 16.7. The topological polar surface area (TPSA) is 53.7 Å². The van der Waals surface area contributed by atoms with Gasteiger partial charge in [0.1, 0.15) is 5.82 Å². The number of hydrogen-bond acceptors (Lipinski definition) is 4. The number of benzene rings is 1. The van der Waals surface area contributed by atoms with Gasteiger partial charge >= 0.3 is 0 Å². The summed E-state index contributed by atoms with van der Waals surface area (Å²) in [5, 5.41) is 10.0. The minimum atomic E-state index is -0.383. The van der Waals surface area contributed by atoms with Gasteiger partial charge in [-0.25, -0.2) is 14.4 Å². The third-order valence-electron chi connectivity index (χ3n) is 4.33. The van der Waals surface area contributed by atoms with E-state index < -0.39 is 0 Å². The number of aromatic nitrogens is 3. The van der Waals surface area contributed by atoms with E-state index in [0.29, 0.717) is 16.2 Å². The lowest BCUT2D eigenvalue weighted by atomic mass is 10.1. The van der Waals surface area contributed by atoms with Crippen LogP contribution in [0.25, 0.3) is 16.9 Å². The van der Waals surface area contributed by atoms with Gasteiger partial charge in [-0.15, -0.1) is 0 Å². The molecular weight excluding hydrogens is 331 g/mol. The SMILES string of the molecule is OC1CCN(c2nccn3c(-c4cc(F)cc(Cl)c4)cnc23)CC1. The van der Waals surface area contributed by atoms with Crippen LogP contribution in [-0.2, 0) is 0 Å². The highest BCUT2D eigenvalue weighted by Gasteiger charge is 2.21. The first-order valence-corrected chi connectivity index (χ1v) is 8.21. The van der Waals surface area contributed by atoms with Crippen LogP contribution in [0.2, 0.25) is 5.02 Å². The summed E-state index contributed by atoms with van der Waals surface area (Å²) in [5.41, 5.74) is 2.13. The molecule has 7 heteroatoms. The van der Waals surface area contributed by atoms with E-state index in [4.69, 9.17) is 11.6 Å². The molecule has 3 heterocycles. The first kappa shape index (κ1) is 15.4. The van der Waals surface area contributed by atoms with Crippen molar-refractivity contribution in [3.63, 3.8) is 0 Å². The molecular formula is C17H16ClFN4O. The van der Waals surface area contributed by atoms with Gasteiger partial charge in [0.15, 0.2) is 11.5 Å². The highest BCUT2D eigenvalue weighted by molar-refractivity contribution is 6.30. The zero-order valence-corrected chi connectivity index (χ0v) is 13.6. The largest absolute Gasteiger partial charge is 0.393 e. The second-order valence-corrected chi connectivity index (χ2v) is 6.40. The zero-order valence-electron chi connectivity index (χ0n) is 12.9. The summed E-state index contributed by atoms with van der Waals surface area (Å²) >= 11 is 5.97. The first-order valence-electron chi connectivity index (χ1n) is 7.83. The van der Waals surface area contributed by atoms with Crippen molar-refractivity contribution in [2.45, 2.75) is 18.9 Å². The number of aliphatic hydroxyl groups is 1. The standard InChI is InChI=1S/C17H16ClFN4O/c18-12-7-11(8-13(19)9-12)15-10-21-17-16(20-3-6-23(15)17)22-4-1-14(24)2-5-22/h3,6-10,14,24H,1-2,4-5H2. The quantitative estimate of drug-likeness (QED) is 0.774. The summed E-state index contributed by atoms with van der Waals surface area (Å²) in [6, 6.07) is 4.43. The minimum absolute atomic E-state index is 0.245. The van der Waals surface area contributed by atoms with Crippen LogP contribution in [0.15, 0.2) is 36.8 Å². The molecule has 0 bridgehead atoms. The highest BCUT2D eigenvalue weighted by Crippen LogP contribution is 2.28. The third kappa shape index (κ3) is 2.72. The van der Waals surface area contributed by atoms with E-state index in [9.17, 15) is 9.50 Å². The summed E-state index contributed by atoms with van der Waals surface area (Å²) in [6.45, 7) is 1.48. The number of rotatable bonds is 2. The van der Waals surface area contributed by atoms with Gasteiger partial charge in [0.2, 0.25) is 0 Å². The Kier molecular flexibility index (Phi) is 3.86. The fraction of sp³-hybridized carbons (Fsp3) is 0.294. The third-order valence-corrected chi connectivity index (χ3v) is 4.55. The maximum absolute atomic E-state index is 13.7. The lowest BCUT2D eigenvalue weighted by molar-refractivity contribution is 0.145. The van der Waals surface area contributed by atoms with E-state index in [0.717, 1.165) is 37.4 Å². The van der Waals surface area contributed by atoms with E-state index >= 15 is 0 Å². The van der Waals surface area contributed by atoms with Gasteiger partial charge < -0.3 is 10.0 Å². The number of piperidine rings is 1. The molecule has 1 aliphatic heterocycles. The number of hydrogen-bond donors (Lipinski definition) is 1. The van der Waals surface area contributed by atoms with Gasteiger partial charge in [-0.05, 0) is 31.0 Å². The van der Waals surface area contributed by atoms with Gasteiger partial charge in [0, 0.05) is 36.1 Å². The van der Waals surface area contributed by atoms with Crippen LogP contribution in [0.1, 0.15) is 12.8 Å². The molecule has 0 radical (unpaired) electrons. The molecule has 0 aliphatic carbocycles. The Bertz CT molecular complexity index is 869. The van der Waals surface area contributed by atoms with E-state index in [1.807, 2.05) is 4.40 Å². The van der Waals surface area contributed by atoms with Crippen molar-refractivity contribution in [2.24, 2.45) is 0 Å². The lowest BCUT2D eigenvalue weighted by Gasteiger charge is -2.30. The molecule has 4 rings (SSSR count). The molecule has 0 unspecified atom stereocenters. The Morgan fingerprint density at radius 3 is 2.71 bits per heavy atom. The van der Waals surface area contributed by atoms with Crippen LogP contribution in [0.4, 0.5) is 10.2 Å². The monoisotopic (exact) mass is 346 g/mol. The minimum Gasteiger partial charge on any atom is -0.393 e. The molecule has 0 atom stereocenters. The molecule has 1 N–H and O–H groups in total. The van der Waals surface area contributed by atoms with Gasteiger partial charge in [-0.2, -0.15) is 0 Å². The Morgan fingerprint density at radius 2 is 1.96 bits per heavy atom. The van der Waals surface area contributed by atoms with Crippen molar-refractivity contribution >= 4 is 23.1 Å². The number of fused-ring (bicyclic) bond motifs is 1. The van der Waals surface area contributed by atoms with Crippen molar-refractivity contribution in [2.75, 3.05) is 18.0 Å². The molecule has 124 valence electrons. The molecule has 24 heavy (non-hydrogen) atoms. The van der Waals surface area contributed by atoms with Crippen LogP contribution in [0.5, 0.6) is 0 Å². The Morgan fingerprint density at radius 1 is 1.17 bits per heavy atom. The maximum atomic E-state index is 13.7. The summed E-state index contributed by atoms with van der Waals surface area (Å²) in [4.78, 5) is 11.1. The Labute approximate surface area is 143 Å².